The average molecular weight is 550 g/mol. The largest absolute Gasteiger partial charge is 0.444 e. The van der Waals surface area contributed by atoms with Crippen molar-refractivity contribution in [2.24, 2.45) is 0 Å². The van der Waals surface area contributed by atoms with E-state index in [1.54, 1.807) is 32.9 Å². The number of hydrogen-bond donors (Lipinski definition) is 2. The predicted molar refractivity (Wildman–Crippen MR) is 135 cm³/mol. The zero-order chi connectivity index (χ0) is 27.1. The summed E-state index contributed by atoms with van der Waals surface area (Å²) >= 11 is 6.30. The van der Waals surface area contributed by atoms with Crippen LogP contribution in [0.15, 0.2) is 41.6 Å². The summed E-state index contributed by atoms with van der Waals surface area (Å²) in [7, 11) is -3.96. The van der Waals surface area contributed by atoms with Crippen LogP contribution in [0.3, 0.4) is 0 Å². The molecular formula is C24H28ClN5O6S. The quantitative estimate of drug-likeness (QED) is 0.494. The van der Waals surface area contributed by atoms with Crippen LogP contribution in [0.5, 0.6) is 0 Å². The number of rotatable bonds is 5. The minimum atomic E-state index is -3.96. The van der Waals surface area contributed by atoms with Crippen molar-refractivity contribution in [3.63, 3.8) is 0 Å². The number of β-amino-alcohol motifs (C(OH)–C–C–N with tert-alkyl or cyclic N) is 1. The molecule has 1 aromatic carbocycles. The molecule has 37 heavy (non-hydrogen) atoms. The van der Waals surface area contributed by atoms with Gasteiger partial charge in [-0.15, -0.1) is 0 Å². The molecule has 2 amide bonds. The Bertz CT molecular complexity index is 1450. The highest BCUT2D eigenvalue weighted by molar-refractivity contribution is 7.90. The number of halogens is 1. The first kappa shape index (κ1) is 26.8. The first-order valence-corrected chi connectivity index (χ1v) is 13.4. The van der Waals surface area contributed by atoms with Gasteiger partial charge in [-0.3, -0.25) is 9.69 Å². The second-order valence-electron chi connectivity index (χ2n) is 9.88. The van der Waals surface area contributed by atoms with Crippen LogP contribution < -0.4 is 5.32 Å². The summed E-state index contributed by atoms with van der Waals surface area (Å²) in [5, 5.41) is 12.8. The first-order chi connectivity index (χ1) is 17.3. The van der Waals surface area contributed by atoms with E-state index < -0.39 is 39.8 Å². The molecule has 2 N–H and O–H groups in total. The summed E-state index contributed by atoms with van der Waals surface area (Å²) in [6, 6.07) is 5.48. The molecule has 1 fully saturated rings. The van der Waals surface area contributed by atoms with E-state index in [9.17, 15) is 23.1 Å². The number of ether oxygens (including phenoxy) is 1. The van der Waals surface area contributed by atoms with Crippen molar-refractivity contribution in [1.82, 2.24) is 24.2 Å². The Balaban J connectivity index is 1.51. The second kappa shape index (κ2) is 9.92. The third-order valence-corrected chi connectivity index (χ3v) is 7.64. The van der Waals surface area contributed by atoms with Crippen LogP contribution in [0.2, 0.25) is 5.02 Å². The van der Waals surface area contributed by atoms with Crippen molar-refractivity contribution in [2.75, 3.05) is 6.54 Å². The number of carbonyl (C=O) groups excluding carboxylic acids is 2. The third kappa shape index (κ3) is 5.71. The lowest BCUT2D eigenvalue weighted by Gasteiger charge is -2.27. The van der Waals surface area contributed by atoms with E-state index in [0.717, 1.165) is 9.54 Å². The van der Waals surface area contributed by atoms with E-state index in [-0.39, 0.29) is 40.6 Å². The van der Waals surface area contributed by atoms with E-state index >= 15 is 0 Å². The molecule has 1 aliphatic heterocycles. The van der Waals surface area contributed by atoms with Crippen LogP contribution in [-0.4, -0.2) is 68.7 Å². The fraction of sp³-hybridized carbons (Fsp3) is 0.417. The van der Waals surface area contributed by atoms with Gasteiger partial charge >= 0.3 is 6.09 Å². The Kier molecular flexibility index (Phi) is 7.19. The molecule has 3 aromatic rings. The van der Waals surface area contributed by atoms with Gasteiger partial charge in [0.05, 0.1) is 41.0 Å². The Morgan fingerprint density at radius 3 is 2.57 bits per heavy atom. The maximum Gasteiger partial charge on any atom is 0.411 e. The SMILES string of the molecule is Cc1ccc(S(=O)(=O)n2cc(Cl)c3nc(CNC(=O)C4CC(O)CN4C(=O)OC(C)(C)C)cnc32)cc1. The number of nitrogens with one attached hydrogen (secondary N) is 1. The van der Waals surface area contributed by atoms with Crippen LogP contribution in [0.4, 0.5) is 4.79 Å². The molecule has 0 spiro atoms. The van der Waals surface area contributed by atoms with Gasteiger partial charge in [-0.2, -0.15) is 0 Å². The number of hydrogen-bond acceptors (Lipinski definition) is 8. The van der Waals surface area contributed by atoms with Crippen molar-refractivity contribution in [3.05, 3.63) is 52.9 Å². The van der Waals surface area contributed by atoms with E-state index in [1.165, 1.54) is 29.4 Å². The Morgan fingerprint density at radius 2 is 1.92 bits per heavy atom. The predicted octanol–water partition coefficient (Wildman–Crippen LogP) is 2.62. The Hall–Kier alpha value is -3.22. The number of nitrogens with zero attached hydrogens (tertiary/aromatic N) is 4. The van der Waals surface area contributed by atoms with Crippen LogP contribution >= 0.6 is 11.6 Å². The number of aliphatic hydroxyl groups excluding tert-OH is 1. The molecule has 3 heterocycles. The highest BCUT2D eigenvalue weighted by Gasteiger charge is 2.40. The molecule has 0 aliphatic carbocycles. The minimum Gasteiger partial charge on any atom is -0.444 e. The van der Waals surface area contributed by atoms with Crippen molar-refractivity contribution in [2.45, 2.75) is 63.3 Å². The van der Waals surface area contributed by atoms with Crippen LogP contribution in [0.1, 0.15) is 38.4 Å². The van der Waals surface area contributed by atoms with E-state index in [1.807, 2.05) is 6.92 Å². The van der Waals surface area contributed by atoms with Crippen molar-refractivity contribution < 1.29 is 27.9 Å². The van der Waals surface area contributed by atoms with Crippen molar-refractivity contribution >= 4 is 44.8 Å². The summed E-state index contributed by atoms with van der Waals surface area (Å²) in [6.07, 6.45) is 1.11. The topological polar surface area (TPSA) is 144 Å². The highest BCUT2D eigenvalue weighted by atomic mass is 35.5. The fourth-order valence-corrected chi connectivity index (χ4v) is 5.53. The van der Waals surface area contributed by atoms with E-state index in [0.29, 0.717) is 5.69 Å². The van der Waals surface area contributed by atoms with Crippen LogP contribution in [0, 0.1) is 6.92 Å². The fourth-order valence-electron chi connectivity index (χ4n) is 3.94. The Morgan fingerprint density at radius 1 is 1.24 bits per heavy atom. The normalized spacial score (nSPS) is 18.3. The zero-order valence-electron chi connectivity index (χ0n) is 20.8. The molecule has 13 heteroatoms. The molecule has 2 unspecified atom stereocenters. The number of aryl methyl sites for hydroxylation is 1. The number of likely N-dealkylation sites (tertiary alicyclic amines) is 1. The maximum absolute atomic E-state index is 13.1. The van der Waals surface area contributed by atoms with Gasteiger partial charge < -0.3 is 15.2 Å². The average Bonchev–Trinajstić information content (AvgIpc) is 3.37. The van der Waals surface area contributed by atoms with Crippen LogP contribution in [-0.2, 0) is 26.1 Å². The number of amides is 2. The molecule has 11 nitrogen and oxygen atoms in total. The summed E-state index contributed by atoms with van der Waals surface area (Å²) in [5.41, 5.74) is 0.711. The van der Waals surface area contributed by atoms with E-state index in [2.05, 4.69) is 15.3 Å². The lowest BCUT2D eigenvalue weighted by molar-refractivity contribution is -0.125. The number of benzene rings is 1. The maximum atomic E-state index is 13.1. The smallest absolute Gasteiger partial charge is 0.411 e. The second-order valence-corrected chi connectivity index (χ2v) is 12.1. The first-order valence-electron chi connectivity index (χ1n) is 11.6. The number of aromatic nitrogens is 3. The molecule has 1 saturated heterocycles. The molecule has 2 atom stereocenters. The van der Waals surface area contributed by atoms with Gasteiger partial charge in [0, 0.05) is 12.6 Å². The highest BCUT2D eigenvalue weighted by Crippen LogP contribution is 2.27. The number of aliphatic hydroxyl groups is 1. The molecule has 0 saturated carbocycles. The molecular weight excluding hydrogens is 522 g/mol. The molecule has 0 radical (unpaired) electrons. The Labute approximate surface area is 219 Å². The van der Waals surface area contributed by atoms with Gasteiger partial charge in [0.25, 0.3) is 10.0 Å². The van der Waals surface area contributed by atoms with Crippen molar-refractivity contribution in [1.29, 1.82) is 0 Å². The lowest BCUT2D eigenvalue weighted by atomic mass is 10.2. The lowest BCUT2D eigenvalue weighted by Crippen LogP contribution is -2.47. The summed E-state index contributed by atoms with van der Waals surface area (Å²) in [6.45, 7) is 6.93. The summed E-state index contributed by atoms with van der Waals surface area (Å²) in [5.74, 6) is -0.491. The molecule has 4 rings (SSSR count). The van der Waals surface area contributed by atoms with Crippen molar-refractivity contribution in [3.8, 4) is 0 Å². The zero-order valence-corrected chi connectivity index (χ0v) is 22.4. The summed E-state index contributed by atoms with van der Waals surface area (Å²) < 4.78 is 32.6. The standard InChI is InChI=1S/C24H28ClN5O6S/c1-14-5-7-17(8-6-14)37(34,35)30-13-18(25)20-21(30)26-10-15(28-20)11-27-22(32)19-9-16(31)12-29(19)23(33)36-24(2,3)4/h5-8,10,13,16,19,31H,9,11-12H2,1-4H3,(H,27,32). The molecule has 1 aliphatic rings. The number of fused-ring (bicyclic) bond motifs is 1. The minimum absolute atomic E-state index is 0.0165. The molecule has 198 valence electrons. The third-order valence-electron chi connectivity index (χ3n) is 5.70. The van der Waals surface area contributed by atoms with Gasteiger partial charge in [-0.1, -0.05) is 29.3 Å². The number of carbonyl (C=O) groups is 2. The molecule has 0 bridgehead atoms. The summed E-state index contributed by atoms with van der Waals surface area (Å²) in [4.78, 5) is 35.3. The van der Waals surface area contributed by atoms with Gasteiger partial charge in [-0.05, 0) is 39.8 Å². The van der Waals surface area contributed by atoms with Gasteiger partial charge in [0.1, 0.15) is 17.2 Å². The van der Waals surface area contributed by atoms with Gasteiger partial charge in [0.15, 0.2) is 5.65 Å². The van der Waals surface area contributed by atoms with Gasteiger partial charge in [0.2, 0.25) is 5.91 Å². The van der Waals surface area contributed by atoms with Gasteiger partial charge in [-0.25, -0.2) is 27.2 Å². The van der Waals surface area contributed by atoms with E-state index in [4.69, 9.17) is 16.3 Å². The monoisotopic (exact) mass is 549 g/mol. The van der Waals surface area contributed by atoms with Crippen LogP contribution in [0.25, 0.3) is 11.2 Å². The molecule has 2 aromatic heterocycles.